The van der Waals surface area contributed by atoms with E-state index in [2.05, 4.69) is 0 Å². The molecule has 1 aromatic carbocycles. The van der Waals surface area contributed by atoms with Crippen LogP contribution in [-0.4, -0.2) is 56.9 Å². The van der Waals surface area contributed by atoms with E-state index in [0.717, 1.165) is 4.90 Å². The van der Waals surface area contributed by atoms with Gasteiger partial charge < -0.3 is 25.3 Å². The molecule has 1 rings (SSSR count). The van der Waals surface area contributed by atoms with Crippen molar-refractivity contribution in [3.8, 4) is 5.75 Å². The fourth-order valence-corrected chi connectivity index (χ4v) is 1.61. The van der Waals surface area contributed by atoms with Crippen LogP contribution < -0.4 is 0 Å². The fourth-order valence-electron chi connectivity index (χ4n) is 1.61. The summed E-state index contributed by atoms with van der Waals surface area (Å²) < 4.78 is 0. The topological polar surface area (TPSA) is 118 Å². The van der Waals surface area contributed by atoms with Crippen molar-refractivity contribution >= 4 is 11.9 Å². The van der Waals surface area contributed by atoms with Crippen LogP contribution >= 0.6 is 0 Å². The van der Waals surface area contributed by atoms with E-state index in [9.17, 15) is 19.8 Å². The highest BCUT2D eigenvalue weighted by molar-refractivity contribution is 5.83. The fraction of sp³-hybridized carbons (Fsp3) is 0.385. The van der Waals surface area contributed by atoms with Crippen LogP contribution in [0.25, 0.3) is 0 Å². The van der Waals surface area contributed by atoms with Gasteiger partial charge in [-0.15, -0.1) is 0 Å². The number of benzene rings is 1. The molecule has 110 valence electrons. The van der Waals surface area contributed by atoms with Gasteiger partial charge in [0.2, 0.25) is 5.91 Å². The van der Waals surface area contributed by atoms with Gasteiger partial charge in [0.1, 0.15) is 5.75 Å². The largest absolute Gasteiger partial charge is 0.508 e. The Morgan fingerprint density at radius 1 is 1.30 bits per heavy atom. The number of hydrogen-bond donors (Lipinski definition) is 4. The Labute approximate surface area is 115 Å². The molecule has 0 saturated carbocycles. The SMILES string of the molecule is CN(C[C@H](O)c1cccc(O)c1)C(=O)CC(O)C(=O)O. The summed E-state index contributed by atoms with van der Waals surface area (Å²) in [4.78, 5) is 23.2. The van der Waals surface area contributed by atoms with Crippen LogP contribution in [0, 0.1) is 0 Å². The number of hydrogen-bond acceptors (Lipinski definition) is 5. The molecule has 7 heteroatoms. The van der Waals surface area contributed by atoms with Crippen molar-refractivity contribution in [2.45, 2.75) is 18.6 Å². The number of aliphatic carboxylic acids is 1. The summed E-state index contributed by atoms with van der Waals surface area (Å²) >= 11 is 0. The highest BCUT2D eigenvalue weighted by Gasteiger charge is 2.22. The molecule has 1 unspecified atom stereocenters. The first-order chi connectivity index (χ1) is 9.31. The molecule has 0 bridgehead atoms. The second kappa shape index (κ2) is 6.88. The molecule has 0 heterocycles. The molecule has 0 spiro atoms. The molecule has 0 aliphatic rings. The van der Waals surface area contributed by atoms with Gasteiger partial charge in [-0.05, 0) is 17.7 Å². The highest BCUT2D eigenvalue weighted by Crippen LogP contribution is 2.19. The molecule has 0 saturated heterocycles. The molecule has 0 aliphatic heterocycles. The number of nitrogens with zero attached hydrogens (tertiary/aromatic N) is 1. The zero-order valence-electron chi connectivity index (χ0n) is 10.9. The van der Waals surface area contributed by atoms with Crippen LogP contribution in [0.4, 0.5) is 0 Å². The zero-order chi connectivity index (χ0) is 15.3. The summed E-state index contributed by atoms with van der Waals surface area (Å²) in [5.74, 6) is -2.07. The first-order valence-corrected chi connectivity index (χ1v) is 5.93. The summed E-state index contributed by atoms with van der Waals surface area (Å²) in [5, 5.41) is 36.8. The molecule has 0 radical (unpaired) electrons. The molecule has 7 nitrogen and oxygen atoms in total. The molecular formula is C13H17NO6. The van der Waals surface area contributed by atoms with Gasteiger partial charge in [-0.3, -0.25) is 4.79 Å². The van der Waals surface area contributed by atoms with Crippen molar-refractivity contribution in [2.75, 3.05) is 13.6 Å². The van der Waals surface area contributed by atoms with E-state index < -0.39 is 30.5 Å². The van der Waals surface area contributed by atoms with E-state index in [-0.39, 0.29) is 12.3 Å². The smallest absolute Gasteiger partial charge is 0.333 e. The number of aromatic hydroxyl groups is 1. The molecule has 0 aliphatic carbocycles. The van der Waals surface area contributed by atoms with Crippen LogP contribution in [-0.2, 0) is 9.59 Å². The summed E-state index contributed by atoms with van der Waals surface area (Å²) in [6.07, 6.45) is -3.33. The molecular weight excluding hydrogens is 266 g/mol. The third-order valence-corrected chi connectivity index (χ3v) is 2.78. The third-order valence-electron chi connectivity index (χ3n) is 2.78. The van der Waals surface area contributed by atoms with E-state index in [0.29, 0.717) is 5.56 Å². The molecule has 20 heavy (non-hydrogen) atoms. The van der Waals surface area contributed by atoms with Gasteiger partial charge in [0.15, 0.2) is 6.10 Å². The number of aliphatic hydroxyl groups is 2. The maximum absolute atomic E-state index is 11.6. The number of rotatable bonds is 6. The van der Waals surface area contributed by atoms with Crippen LogP contribution in [0.3, 0.4) is 0 Å². The molecule has 0 fully saturated rings. The van der Waals surface area contributed by atoms with Gasteiger partial charge >= 0.3 is 5.97 Å². The van der Waals surface area contributed by atoms with Crippen molar-refractivity contribution in [1.82, 2.24) is 4.90 Å². The molecule has 2 atom stereocenters. The molecule has 0 aromatic heterocycles. The van der Waals surface area contributed by atoms with E-state index in [1.54, 1.807) is 12.1 Å². The van der Waals surface area contributed by atoms with Gasteiger partial charge in [-0.1, -0.05) is 12.1 Å². The Morgan fingerprint density at radius 2 is 1.95 bits per heavy atom. The Hall–Kier alpha value is -2.12. The van der Waals surface area contributed by atoms with Gasteiger partial charge in [0.05, 0.1) is 19.1 Å². The number of carbonyl (C=O) groups excluding carboxylic acids is 1. The number of phenols is 1. The minimum Gasteiger partial charge on any atom is -0.508 e. The highest BCUT2D eigenvalue weighted by atomic mass is 16.4. The maximum atomic E-state index is 11.6. The second-order valence-corrected chi connectivity index (χ2v) is 4.44. The predicted octanol–water partition coefficient (Wildman–Crippen LogP) is -0.280. The van der Waals surface area contributed by atoms with Crippen molar-refractivity contribution in [2.24, 2.45) is 0 Å². The average Bonchev–Trinajstić information content (AvgIpc) is 2.38. The average molecular weight is 283 g/mol. The Bertz CT molecular complexity index is 490. The normalized spacial score (nSPS) is 13.6. The van der Waals surface area contributed by atoms with E-state index in [1.807, 2.05) is 0 Å². The molecule has 4 N–H and O–H groups in total. The predicted molar refractivity (Wildman–Crippen MR) is 69.0 cm³/mol. The number of carboxylic acids is 1. The van der Waals surface area contributed by atoms with Gasteiger partial charge in [0.25, 0.3) is 0 Å². The maximum Gasteiger partial charge on any atom is 0.333 e. The number of amides is 1. The minimum atomic E-state index is -1.76. The van der Waals surface area contributed by atoms with Crippen molar-refractivity contribution < 1.29 is 30.0 Å². The number of phenolic OH excluding ortho intramolecular Hbond substituents is 1. The molecule has 1 aromatic rings. The molecule has 1 amide bonds. The summed E-state index contributed by atoms with van der Waals surface area (Å²) in [7, 11) is 1.39. The lowest BCUT2D eigenvalue weighted by molar-refractivity contribution is -0.151. The number of carbonyl (C=O) groups is 2. The van der Waals surface area contributed by atoms with Crippen molar-refractivity contribution in [3.05, 3.63) is 29.8 Å². The van der Waals surface area contributed by atoms with Crippen LogP contribution in [0.15, 0.2) is 24.3 Å². The number of likely N-dealkylation sites (N-methyl/N-ethyl adjacent to an activating group) is 1. The standard InChI is InChI=1S/C13H17NO6/c1-14(12(18)6-10(16)13(19)20)7-11(17)8-3-2-4-9(15)5-8/h2-5,10-11,15-17H,6-7H2,1H3,(H,19,20)/t10?,11-/m0/s1. The summed E-state index contributed by atoms with van der Waals surface area (Å²) in [6.45, 7) is -0.0748. The van der Waals surface area contributed by atoms with Gasteiger partial charge in [-0.25, -0.2) is 4.79 Å². The number of carboxylic acid groups (broad SMARTS) is 1. The first-order valence-electron chi connectivity index (χ1n) is 5.93. The van der Waals surface area contributed by atoms with Crippen molar-refractivity contribution in [1.29, 1.82) is 0 Å². The summed E-state index contributed by atoms with van der Waals surface area (Å²) in [6, 6.07) is 5.97. The lowest BCUT2D eigenvalue weighted by Crippen LogP contribution is -2.35. The van der Waals surface area contributed by atoms with E-state index in [1.165, 1.54) is 19.2 Å². The third kappa shape index (κ3) is 4.52. The monoisotopic (exact) mass is 283 g/mol. The van der Waals surface area contributed by atoms with Gasteiger partial charge in [0, 0.05) is 7.05 Å². The Morgan fingerprint density at radius 3 is 2.50 bits per heavy atom. The second-order valence-electron chi connectivity index (χ2n) is 4.44. The quantitative estimate of drug-likeness (QED) is 0.570. The zero-order valence-corrected chi connectivity index (χ0v) is 10.9. The van der Waals surface area contributed by atoms with Gasteiger partial charge in [-0.2, -0.15) is 0 Å². The summed E-state index contributed by atoms with van der Waals surface area (Å²) in [5.41, 5.74) is 0.434. The lowest BCUT2D eigenvalue weighted by Gasteiger charge is -2.21. The van der Waals surface area contributed by atoms with Crippen LogP contribution in [0.1, 0.15) is 18.1 Å². The van der Waals surface area contributed by atoms with Crippen LogP contribution in [0.2, 0.25) is 0 Å². The Kier molecular flexibility index (Phi) is 5.48. The van der Waals surface area contributed by atoms with Crippen LogP contribution in [0.5, 0.6) is 5.75 Å². The van der Waals surface area contributed by atoms with E-state index >= 15 is 0 Å². The minimum absolute atomic E-state index is 0.00294. The lowest BCUT2D eigenvalue weighted by atomic mass is 10.1. The first kappa shape index (κ1) is 15.9. The Balaban J connectivity index is 2.59. The van der Waals surface area contributed by atoms with Crippen molar-refractivity contribution in [3.63, 3.8) is 0 Å². The van der Waals surface area contributed by atoms with E-state index in [4.69, 9.17) is 10.2 Å². The number of aliphatic hydroxyl groups excluding tert-OH is 2.